The van der Waals surface area contributed by atoms with Crippen molar-refractivity contribution in [2.45, 2.75) is 38.6 Å². The standard InChI is InChI=1S/C23H27NO2/c1-3-14-26-18-12-13-22-21(15-18)19-6-5-7-20(19)23(24-22)16-8-10-17(11-9-16)25-4-2/h5-6,8-13,15,19-20,23-24H,3-4,7,14H2,1-2H3. The Kier molecular flexibility index (Phi) is 4.87. The summed E-state index contributed by atoms with van der Waals surface area (Å²) in [6, 6.07) is 15.3. The second kappa shape index (κ2) is 7.45. The summed E-state index contributed by atoms with van der Waals surface area (Å²) >= 11 is 0. The van der Waals surface area contributed by atoms with Gasteiger partial charge < -0.3 is 14.8 Å². The van der Waals surface area contributed by atoms with Gasteiger partial charge in [-0.1, -0.05) is 31.2 Å². The number of allylic oxidation sites excluding steroid dienone is 2. The summed E-state index contributed by atoms with van der Waals surface area (Å²) in [6.07, 6.45) is 6.83. The molecule has 0 aromatic heterocycles. The lowest BCUT2D eigenvalue weighted by Crippen LogP contribution is -2.29. The Bertz CT molecular complexity index is 781. The number of ether oxygens (including phenoxy) is 2. The molecule has 136 valence electrons. The van der Waals surface area contributed by atoms with E-state index < -0.39 is 0 Å². The summed E-state index contributed by atoms with van der Waals surface area (Å²) in [5.74, 6) is 2.91. The van der Waals surface area contributed by atoms with Gasteiger partial charge in [-0.2, -0.15) is 0 Å². The quantitative estimate of drug-likeness (QED) is 0.679. The molecule has 0 spiro atoms. The Labute approximate surface area is 156 Å². The van der Waals surface area contributed by atoms with E-state index in [9.17, 15) is 0 Å². The van der Waals surface area contributed by atoms with Crippen LogP contribution >= 0.6 is 0 Å². The van der Waals surface area contributed by atoms with Crippen molar-refractivity contribution in [3.8, 4) is 11.5 Å². The van der Waals surface area contributed by atoms with Crippen LogP contribution in [0.3, 0.4) is 0 Å². The molecule has 3 unspecified atom stereocenters. The summed E-state index contributed by atoms with van der Waals surface area (Å²) < 4.78 is 11.4. The van der Waals surface area contributed by atoms with Gasteiger partial charge in [-0.05, 0) is 67.1 Å². The van der Waals surface area contributed by atoms with Crippen LogP contribution in [0.2, 0.25) is 0 Å². The fraction of sp³-hybridized carbons (Fsp3) is 0.391. The topological polar surface area (TPSA) is 30.5 Å². The number of hydrogen-bond acceptors (Lipinski definition) is 3. The largest absolute Gasteiger partial charge is 0.494 e. The van der Waals surface area contributed by atoms with Gasteiger partial charge in [0.1, 0.15) is 11.5 Å². The van der Waals surface area contributed by atoms with Gasteiger partial charge in [0.05, 0.1) is 19.3 Å². The van der Waals surface area contributed by atoms with E-state index in [4.69, 9.17) is 9.47 Å². The summed E-state index contributed by atoms with van der Waals surface area (Å²) in [6.45, 7) is 5.62. The maximum atomic E-state index is 5.85. The predicted octanol–water partition coefficient (Wildman–Crippen LogP) is 5.70. The molecule has 0 amide bonds. The molecule has 3 atom stereocenters. The van der Waals surface area contributed by atoms with E-state index in [2.05, 4.69) is 66.9 Å². The lowest BCUT2D eigenvalue weighted by molar-refractivity contribution is 0.316. The van der Waals surface area contributed by atoms with Crippen molar-refractivity contribution in [1.29, 1.82) is 0 Å². The second-order valence-electron chi connectivity index (χ2n) is 7.08. The molecule has 1 heterocycles. The van der Waals surface area contributed by atoms with Crippen molar-refractivity contribution in [2.75, 3.05) is 18.5 Å². The molecule has 0 saturated heterocycles. The fourth-order valence-corrected chi connectivity index (χ4v) is 4.15. The van der Waals surface area contributed by atoms with Gasteiger partial charge in [0.15, 0.2) is 0 Å². The highest BCUT2D eigenvalue weighted by Gasteiger charge is 2.38. The molecule has 0 fully saturated rings. The molecule has 26 heavy (non-hydrogen) atoms. The van der Waals surface area contributed by atoms with Gasteiger partial charge >= 0.3 is 0 Å². The van der Waals surface area contributed by atoms with E-state index in [-0.39, 0.29) is 0 Å². The van der Waals surface area contributed by atoms with E-state index in [1.165, 1.54) is 16.8 Å². The van der Waals surface area contributed by atoms with Crippen LogP contribution < -0.4 is 14.8 Å². The van der Waals surface area contributed by atoms with Gasteiger partial charge in [-0.3, -0.25) is 0 Å². The van der Waals surface area contributed by atoms with Gasteiger partial charge in [0.2, 0.25) is 0 Å². The molecule has 4 rings (SSSR count). The molecule has 1 aliphatic heterocycles. The Morgan fingerprint density at radius 1 is 1.00 bits per heavy atom. The molecule has 0 saturated carbocycles. The minimum Gasteiger partial charge on any atom is -0.494 e. The molecule has 3 nitrogen and oxygen atoms in total. The molecular formula is C23H27NO2. The first kappa shape index (κ1) is 17.0. The highest BCUT2D eigenvalue weighted by molar-refractivity contribution is 5.61. The zero-order valence-electron chi connectivity index (χ0n) is 15.6. The van der Waals surface area contributed by atoms with E-state index >= 15 is 0 Å². The van der Waals surface area contributed by atoms with Crippen LogP contribution in [0.1, 0.15) is 49.8 Å². The summed E-state index contributed by atoms with van der Waals surface area (Å²) in [4.78, 5) is 0. The lowest BCUT2D eigenvalue weighted by atomic mass is 9.77. The van der Waals surface area contributed by atoms with Crippen LogP contribution in [0.15, 0.2) is 54.6 Å². The first-order valence-electron chi connectivity index (χ1n) is 9.73. The van der Waals surface area contributed by atoms with Gasteiger partial charge in [-0.15, -0.1) is 0 Å². The third-order valence-electron chi connectivity index (χ3n) is 5.36. The number of fused-ring (bicyclic) bond motifs is 3. The van der Waals surface area contributed by atoms with Crippen LogP contribution in [0.4, 0.5) is 5.69 Å². The van der Waals surface area contributed by atoms with Gasteiger partial charge in [0, 0.05) is 11.6 Å². The molecule has 2 aliphatic rings. The summed E-state index contributed by atoms with van der Waals surface area (Å²) in [5, 5.41) is 3.78. The smallest absolute Gasteiger partial charge is 0.119 e. The van der Waals surface area contributed by atoms with Crippen molar-refractivity contribution in [3.05, 3.63) is 65.7 Å². The summed E-state index contributed by atoms with van der Waals surface area (Å²) in [7, 11) is 0. The number of anilines is 1. The SMILES string of the molecule is CCCOc1ccc2c(c1)C1C=CCC1C(c1ccc(OCC)cc1)N2. The number of rotatable bonds is 6. The first-order valence-corrected chi connectivity index (χ1v) is 9.73. The molecule has 2 aromatic rings. The van der Waals surface area contributed by atoms with Crippen molar-refractivity contribution in [1.82, 2.24) is 0 Å². The van der Waals surface area contributed by atoms with E-state index in [0.29, 0.717) is 24.5 Å². The minimum absolute atomic E-state index is 0.320. The molecule has 1 N–H and O–H groups in total. The maximum Gasteiger partial charge on any atom is 0.119 e. The minimum atomic E-state index is 0.320. The first-order chi connectivity index (χ1) is 12.8. The Morgan fingerprint density at radius 3 is 2.58 bits per heavy atom. The van der Waals surface area contributed by atoms with Crippen molar-refractivity contribution >= 4 is 5.69 Å². The van der Waals surface area contributed by atoms with Gasteiger partial charge in [0.25, 0.3) is 0 Å². The van der Waals surface area contributed by atoms with Crippen LogP contribution in [-0.2, 0) is 0 Å². The van der Waals surface area contributed by atoms with Crippen LogP contribution in [0, 0.1) is 5.92 Å². The lowest BCUT2D eigenvalue weighted by Gasteiger charge is -2.37. The van der Waals surface area contributed by atoms with Gasteiger partial charge in [-0.25, -0.2) is 0 Å². The number of hydrogen-bond donors (Lipinski definition) is 1. The highest BCUT2D eigenvalue weighted by atomic mass is 16.5. The zero-order valence-corrected chi connectivity index (χ0v) is 15.6. The van der Waals surface area contributed by atoms with Crippen molar-refractivity contribution < 1.29 is 9.47 Å². The predicted molar refractivity (Wildman–Crippen MR) is 106 cm³/mol. The average molecular weight is 349 g/mol. The number of nitrogens with one attached hydrogen (secondary N) is 1. The Morgan fingerprint density at radius 2 is 1.81 bits per heavy atom. The normalized spacial score (nSPS) is 23.1. The van der Waals surface area contributed by atoms with Crippen LogP contribution in [0.25, 0.3) is 0 Å². The maximum absolute atomic E-state index is 5.85. The zero-order chi connectivity index (χ0) is 17.9. The second-order valence-corrected chi connectivity index (χ2v) is 7.08. The number of benzene rings is 2. The highest BCUT2D eigenvalue weighted by Crippen LogP contribution is 2.50. The molecule has 3 heteroatoms. The fourth-order valence-electron chi connectivity index (χ4n) is 4.15. The van der Waals surface area contributed by atoms with E-state index in [1.54, 1.807) is 0 Å². The molecule has 2 aromatic carbocycles. The molecule has 1 aliphatic carbocycles. The van der Waals surface area contributed by atoms with Crippen molar-refractivity contribution in [3.63, 3.8) is 0 Å². The van der Waals surface area contributed by atoms with Crippen LogP contribution in [-0.4, -0.2) is 13.2 Å². The third kappa shape index (κ3) is 3.18. The van der Waals surface area contributed by atoms with Crippen LogP contribution in [0.5, 0.6) is 11.5 Å². The monoisotopic (exact) mass is 349 g/mol. The molecule has 0 bridgehead atoms. The van der Waals surface area contributed by atoms with E-state index in [1.807, 2.05) is 6.92 Å². The average Bonchev–Trinajstić information content (AvgIpc) is 3.17. The third-order valence-corrected chi connectivity index (χ3v) is 5.36. The van der Waals surface area contributed by atoms with E-state index in [0.717, 1.165) is 30.9 Å². The Balaban J connectivity index is 1.62. The molecular weight excluding hydrogens is 322 g/mol. The van der Waals surface area contributed by atoms with Crippen molar-refractivity contribution in [2.24, 2.45) is 5.92 Å². The summed E-state index contributed by atoms with van der Waals surface area (Å²) in [5.41, 5.74) is 3.91. The molecule has 0 radical (unpaired) electrons. The Hall–Kier alpha value is -2.42.